The van der Waals surface area contributed by atoms with E-state index < -0.39 is 15.8 Å². The van der Waals surface area contributed by atoms with Crippen LogP contribution in [0.1, 0.15) is 24.0 Å². The maximum atomic E-state index is 13.2. The van der Waals surface area contributed by atoms with Crippen LogP contribution >= 0.6 is 0 Å². The van der Waals surface area contributed by atoms with Crippen molar-refractivity contribution < 1.29 is 17.6 Å². The van der Waals surface area contributed by atoms with Crippen LogP contribution in [0.15, 0.2) is 17.0 Å². The van der Waals surface area contributed by atoms with Gasteiger partial charge in [-0.15, -0.1) is 0 Å². The maximum absolute atomic E-state index is 13.2. The van der Waals surface area contributed by atoms with E-state index in [9.17, 15) is 17.6 Å². The normalized spacial score (nSPS) is 15.2. The van der Waals surface area contributed by atoms with Crippen molar-refractivity contribution in [3.8, 4) is 0 Å². The molecular weight excluding hydrogens is 283 g/mol. The minimum atomic E-state index is -3.83. The van der Waals surface area contributed by atoms with Gasteiger partial charge in [-0.3, -0.25) is 4.79 Å². The van der Waals surface area contributed by atoms with Gasteiger partial charge in [-0.1, -0.05) is 0 Å². The molecule has 0 bridgehead atoms. The van der Waals surface area contributed by atoms with E-state index in [2.05, 4.69) is 10.0 Å². The lowest BCUT2D eigenvalue weighted by atomic mass is 10.1. The number of hydrogen-bond donors (Lipinski definition) is 2. The highest BCUT2D eigenvalue weighted by molar-refractivity contribution is 7.89. The number of sulfonamides is 1. The van der Waals surface area contributed by atoms with Crippen LogP contribution in [0.3, 0.4) is 0 Å². The van der Waals surface area contributed by atoms with E-state index in [1.165, 1.54) is 13.8 Å². The summed E-state index contributed by atoms with van der Waals surface area (Å²) in [7, 11) is -3.83. The molecule has 0 spiro atoms. The molecule has 110 valence electrons. The molecule has 5 nitrogen and oxygen atoms in total. The van der Waals surface area contributed by atoms with Crippen LogP contribution in [0.25, 0.3) is 0 Å². The molecule has 1 fully saturated rings. The van der Waals surface area contributed by atoms with E-state index in [-0.39, 0.29) is 23.4 Å². The Balaban J connectivity index is 2.11. The first-order chi connectivity index (χ1) is 9.29. The molecule has 0 radical (unpaired) electrons. The summed E-state index contributed by atoms with van der Waals surface area (Å²) in [5.74, 6) is -0.834. The fraction of sp³-hybridized carbons (Fsp3) is 0.462. The summed E-state index contributed by atoms with van der Waals surface area (Å²) in [6, 6.07) is 2.50. The van der Waals surface area contributed by atoms with Crippen molar-refractivity contribution in [2.75, 3.05) is 6.54 Å². The summed E-state index contributed by atoms with van der Waals surface area (Å²) in [5, 5.41) is 2.69. The lowest BCUT2D eigenvalue weighted by Gasteiger charge is -2.12. The van der Waals surface area contributed by atoms with Crippen LogP contribution in [0, 0.1) is 19.7 Å². The van der Waals surface area contributed by atoms with E-state index in [1.807, 2.05) is 0 Å². The summed E-state index contributed by atoms with van der Waals surface area (Å²) >= 11 is 0. The number of hydrogen-bond acceptors (Lipinski definition) is 3. The lowest BCUT2D eigenvalue weighted by molar-refractivity contribution is -0.120. The largest absolute Gasteiger partial charge is 0.352 e. The fourth-order valence-corrected chi connectivity index (χ4v) is 3.49. The Morgan fingerprint density at radius 2 is 1.85 bits per heavy atom. The van der Waals surface area contributed by atoms with E-state index >= 15 is 0 Å². The second kappa shape index (κ2) is 5.49. The SMILES string of the molecule is Cc1cc(F)cc(C)c1S(=O)(=O)NCC(=O)NC1CC1. The average molecular weight is 300 g/mol. The molecule has 0 aromatic heterocycles. The number of aryl methyl sites for hydroxylation is 2. The van der Waals surface area contributed by atoms with Gasteiger partial charge in [0.1, 0.15) is 5.82 Å². The zero-order chi connectivity index (χ0) is 14.9. The van der Waals surface area contributed by atoms with Crippen molar-refractivity contribution in [3.63, 3.8) is 0 Å². The predicted molar refractivity (Wildman–Crippen MR) is 72.2 cm³/mol. The van der Waals surface area contributed by atoms with Gasteiger partial charge in [-0.05, 0) is 49.9 Å². The van der Waals surface area contributed by atoms with E-state index in [0.717, 1.165) is 25.0 Å². The van der Waals surface area contributed by atoms with Crippen molar-refractivity contribution in [3.05, 3.63) is 29.1 Å². The summed E-state index contributed by atoms with van der Waals surface area (Å²) in [6.45, 7) is 2.74. The van der Waals surface area contributed by atoms with Gasteiger partial charge in [-0.25, -0.2) is 17.5 Å². The quantitative estimate of drug-likeness (QED) is 0.852. The first-order valence-electron chi connectivity index (χ1n) is 6.35. The summed E-state index contributed by atoms with van der Waals surface area (Å²) in [5.41, 5.74) is 0.634. The van der Waals surface area contributed by atoms with E-state index in [1.54, 1.807) is 0 Å². The molecule has 0 heterocycles. The van der Waals surface area contributed by atoms with E-state index in [4.69, 9.17) is 0 Å². The lowest BCUT2D eigenvalue weighted by Crippen LogP contribution is -2.38. The van der Waals surface area contributed by atoms with Crippen molar-refractivity contribution in [2.24, 2.45) is 0 Å². The van der Waals surface area contributed by atoms with Gasteiger partial charge in [0.2, 0.25) is 15.9 Å². The molecule has 2 N–H and O–H groups in total. The zero-order valence-corrected chi connectivity index (χ0v) is 12.2. The standard InChI is InChI=1S/C13H17FN2O3S/c1-8-5-10(14)6-9(2)13(8)20(18,19)15-7-12(17)16-11-3-4-11/h5-6,11,15H,3-4,7H2,1-2H3,(H,16,17). The second-order valence-corrected chi connectivity index (χ2v) is 6.74. The molecule has 1 saturated carbocycles. The third-order valence-corrected chi connectivity index (χ3v) is 4.76. The number of amides is 1. The Morgan fingerprint density at radius 1 is 1.30 bits per heavy atom. The van der Waals surface area contributed by atoms with Gasteiger partial charge in [0.15, 0.2) is 0 Å². The molecule has 0 saturated heterocycles. The molecule has 1 aliphatic rings. The first kappa shape index (κ1) is 14.9. The third kappa shape index (κ3) is 3.55. The molecule has 1 amide bonds. The van der Waals surface area contributed by atoms with Crippen LogP contribution in [0.5, 0.6) is 0 Å². The van der Waals surface area contributed by atoms with Crippen molar-refractivity contribution in [1.82, 2.24) is 10.0 Å². The molecule has 7 heteroatoms. The highest BCUT2D eigenvalue weighted by Gasteiger charge is 2.25. The molecule has 0 aliphatic heterocycles. The van der Waals surface area contributed by atoms with Crippen LogP contribution in [0.2, 0.25) is 0 Å². The van der Waals surface area contributed by atoms with Gasteiger partial charge in [-0.2, -0.15) is 0 Å². The van der Waals surface area contributed by atoms with Crippen LogP contribution < -0.4 is 10.0 Å². The number of carbonyl (C=O) groups is 1. The number of halogens is 1. The molecule has 1 aliphatic carbocycles. The Labute approximate surface area is 117 Å². The zero-order valence-electron chi connectivity index (χ0n) is 11.4. The van der Waals surface area contributed by atoms with Crippen molar-refractivity contribution in [1.29, 1.82) is 0 Å². The predicted octanol–water partition coefficient (Wildman–Crippen LogP) is 0.999. The van der Waals surface area contributed by atoms with Crippen molar-refractivity contribution in [2.45, 2.75) is 37.6 Å². The van der Waals surface area contributed by atoms with Gasteiger partial charge >= 0.3 is 0 Å². The minimum Gasteiger partial charge on any atom is -0.352 e. The van der Waals surface area contributed by atoms with Gasteiger partial charge in [0, 0.05) is 6.04 Å². The van der Waals surface area contributed by atoms with Crippen LogP contribution in [0.4, 0.5) is 4.39 Å². The number of nitrogens with one attached hydrogen (secondary N) is 2. The van der Waals surface area contributed by atoms with E-state index in [0.29, 0.717) is 11.1 Å². The van der Waals surface area contributed by atoms with Gasteiger partial charge in [0.25, 0.3) is 0 Å². The highest BCUT2D eigenvalue weighted by Crippen LogP contribution is 2.21. The molecule has 1 aromatic carbocycles. The fourth-order valence-electron chi connectivity index (χ4n) is 2.06. The molecule has 2 rings (SSSR count). The highest BCUT2D eigenvalue weighted by atomic mass is 32.2. The summed E-state index contributed by atoms with van der Waals surface area (Å²) in [6.07, 6.45) is 1.88. The molecular formula is C13H17FN2O3S. The Hall–Kier alpha value is -1.47. The summed E-state index contributed by atoms with van der Waals surface area (Å²) < 4.78 is 39.8. The molecule has 0 unspecified atom stereocenters. The topological polar surface area (TPSA) is 75.3 Å². The molecule has 1 aromatic rings. The van der Waals surface area contributed by atoms with Crippen molar-refractivity contribution >= 4 is 15.9 Å². The monoisotopic (exact) mass is 300 g/mol. The molecule has 0 atom stereocenters. The maximum Gasteiger partial charge on any atom is 0.241 e. The minimum absolute atomic E-state index is 0.0260. The average Bonchev–Trinajstić information content (AvgIpc) is 3.08. The third-order valence-electron chi connectivity index (χ3n) is 3.06. The summed E-state index contributed by atoms with van der Waals surface area (Å²) in [4.78, 5) is 11.5. The van der Waals surface area contributed by atoms with Crippen LogP contribution in [-0.4, -0.2) is 26.9 Å². The number of carbonyl (C=O) groups excluding carboxylic acids is 1. The first-order valence-corrected chi connectivity index (χ1v) is 7.83. The Bertz CT molecular complexity index is 616. The number of rotatable bonds is 5. The van der Waals surface area contributed by atoms with Gasteiger partial charge in [0.05, 0.1) is 11.4 Å². The van der Waals surface area contributed by atoms with Gasteiger partial charge < -0.3 is 5.32 Å². The Morgan fingerprint density at radius 3 is 2.35 bits per heavy atom. The van der Waals surface area contributed by atoms with Crippen LogP contribution in [-0.2, 0) is 14.8 Å². The second-order valence-electron chi connectivity index (χ2n) is 5.04. The Kier molecular flexibility index (Phi) is 4.10. The molecule has 20 heavy (non-hydrogen) atoms. The number of benzene rings is 1. The smallest absolute Gasteiger partial charge is 0.241 e.